The molecule has 0 aromatic heterocycles. The molecule has 0 aliphatic carbocycles. The molecule has 3 nitrogen and oxygen atoms in total. The number of amides is 1. The molecule has 0 atom stereocenters. The second kappa shape index (κ2) is 6.44. The second-order valence-corrected chi connectivity index (χ2v) is 5.54. The van der Waals surface area contributed by atoms with Crippen LogP contribution < -0.4 is 5.73 Å². The third-order valence-corrected chi connectivity index (χ3v) is 3.66. The minimum Gasteiger partial charge on any atom is -0.398 e. The van der Waals surface area contributed by atoms with Gasteiger partial charge in [0.1, 0.15) is 0 Å². The maximum atomic E-state index is 12.8. The Labute approximate surface area is 126 Å². The predicted molar refractivity (Wildman–Crippen MR) is 87.0 cm³/mol. The maximum Gasteiger partial charge on any atom is 0.254 e. The molecule has 2 rings (SSSR count). The number of nitrogens with two attached hydrogens (primary N) is 1. The van der Waals surface area contributed by atoms with E-state index in [1.54, 1.807) is 0 Å². The van der Waals surface area contributed by atoms with Gasteiger partial charge >= 0.3 is 0 Å². The van der Waals surface area contributed by atoms with Gasteiger partial charge in [0, 0.05) is 23.8 Å². The summed E-state index contributed by atoms with van der Waals surface area (Å²) in [6, 6.07) is 15.5. The highest BCUT2D eigenvalue weighted by atomic mass is 16.2. The van der Waals surface area contributed by atoms with E-state index in [0.717, 1.165) is 22.4 Å². The number of rotatable bonds is 4. The molecule has 0 aliphatic rings. The summed E-state index contributed by atoms with van der Waals surface area (Å²) in [5.41, 5.74) is 9.45. The molecule has 1 amide bonds. The lowest BCUT2D eigenvalue weighted by Gasteiger charge is -2.28. The quantitative estimate of drug-likeness (QED) is 0.870. The van der Waals surface area contributed by atoms with Gasteiger partial charge in [-0.15, -0.1) is 0 Å². The van der Waals surface area contributed by atoms with Crippen LogP contribution in [0, 0.1) is 6.92 Å². The van der Waals surface area contributed by atoms with Crippen molar-refractivity contribution < 1.29 is 4.79 Å². The summed E-state index contributed by atoms with van der Waals surface area (Å²) < 4.78 is 0. The second-order valence-electron chi connectivity index (χ2n) is 5.54. The molecule has 0 spiro atoms. The molecule has 0 unspecified atom stereocenters. The smallest absolute Gasteiger partial charge is 0.254 e. The average Bonchev–Trinajstić information content (AvgIpc) is 2.46. The number of hydrogen-bond acceptors (Lipinski definition) is 2. The van der Waals surface area contributed by atoms with Crippen LogP contribution in [0.25, 0.3) is 0 Å². The fraction of sp³-hybridized carbons (Fsp3) is 0.278. The molecule has 0 radical (unpaired) electrons. The Kier molecular flexibility index (Phi) is 4.63. The third kappa shape index (κ3) is 3.43. The van der Waals surface area contributed by atoms with E-state index in [2.05, 4.69) is 0 Å². The standard InChI is InChI=1S/C18H22N2O/c1-13(2)20(12-15-9-5-7-11-17(15)19)18(21)16-10-6-4-8-14(16)3/h4-11,13H,12,19H2,1-3H3. The van der Waals surface area contributed by atoms with Crippen LogP contribution in [0.3, 0.4) is 0 Å². The third-order valence-electron chi connectivity index (χ3n) is 3.66. The zero-order valence-corrected chi connectivity index (χ0v) is 12.8. The first-order chi connectivity index (χ1) is 10.0. The van der Waals surface area contributed by atoms with E-state index in [-0.39, 0.29) is 11.9 Å². The summed E-state index contributed by atoms with van der Waals surface area (Å²) in [5.74, 6) is 0.0475. The number of benzene rings is 2. The lowest BCUT2D eigenvalue weighted by Crippen LogP contribution is -2.37. The Bertz CT molecular complexity index is 635. The van der Waals surface area contributed by atoms with Gasteiger partial charge in [-0.1, -0.05) is 36.4 Å². The van der Waals surface area contributed by atoms with Crippen molar-refractivity contribution in [2.24, 2.45) is 0 Å². The van der Waals surface area contributed by atoms with Gasteiger partial charge in [0.15, 0.2) is 0 Å². The van der Waals surface area contributed by atoms with Crippen molar-refractivity contribution in [3.05, 3.63) is 65.2 Å². The molecule has 0 bridgehead atoms. The van der Waals surface area contributed by atoms with E-state index in [9.17, 15) is 4.79 Å². The van der Waals surface area contributed by atoms with Gasteiger partial charge < -0.3 is 10.6 Å². The Morgan fingerprint density at radius 1 is 1.10 bits per heavy atom. The molecular weight excluding hydrogens is 260 g/mol. The number of nitrogens with zero attached hydrogens (tertiary/aromatic N) is 1. The molecule has 0 fully saturated rings. The van der Waals surface area contributed by atoms with Crippen molar-refractivity contribution in [1.82, 2.24) is 4.90 Å². The Balaban J connectivity index is 2.30. The highest BCUT2D eigenvalue weighted by molar-refractivity contribution is 5.95. The normalized spacial score (nSPS) is 10.7. The molecule has 3 heteroatoms. The number of hydrogen-bond donors (Lipinski definition) is 1. The van der Waals surface area contributed by atoms with Crippen molar-refractivity contribution in [3.63, 3.8) is 0 Å². The minimum atomic E-state index is 0.0475. The number of para-hydroxylation sites is 1. The van der Waals surface area contributed by atoms with Gasteiger partial charge in [-0.25, -0.2) is 0 Å². The SMILES string of the molecule is Cc1ccccc1C(=O)N(Cc1ccccc1N)C(C)C. The van der Waals surface area contributed by atoms with Crippen LogP contribution in [-0.4, -0.2) is 16.8 Å². The van der Waals surface area contributed by atoms with E-state index in [1.807, 2.05) is 74.2 Å². The van der Waals surface area contributed by atoms with Gasteiger partial charge in [-0.2, -0.15) is 0 Å². The van der Waals surface area contributed by atoms with Crippen LogP contribution >= 0.6 is 0 Å². The molecular formula is C18H22N2O. The van der Waals surface area contributed by atoms with Crippen LogP contribution in [0.5, 0.6) is 0 Å². The van der Waals surface area contributed by atoms with Crippen LogP contribution in [0.2, 0.25) is 0 Å². The molecule has 2 aromatic rings. The molecule has 0 saturated carbocycles. The first-order valence-corrected chi connectivity index (χ1v) is 7.20. The van der Waals surface area contributed by atoms with Crippen LogP contribution in [0.1, 0.15) is 35.3 Å². The number of carbonyl (C=O) groups excluding carboxylic acids is 1. The Hall–Kier alpha value is -2.29. The fourth-order valence-corrected chi connectivity index (χ4v) is 2.32. The number of nitrogen functional groups attached to an aromatic ring is 1. The van der Waals surface area contributed by atoms with Crippen molar-refractivity contribution in [3.8, 4) is 0 Å². The number of anilines is 1. The van der Waals surface area contributed by atoms with Gasteiger partial charge in [0.25, 0.3) is 5.91 Å². The van der Waals surface area contributed by atoms with Crippen molar-refractivity contribution in [2.45, 2.75) is 33.4 Å². The number of carbonyl (C=O) groups is 1. The van der Waals surface area contributed by atoms with Gasteiger partial charge in [0.05, 0.1) is 0 Å². The number of aryl methyl sites for hydroxylation is 1. The molecule has 2 aromatic carbocycles. The van der Waals surface area contributed by atoms with E-state index in [0.29, 0.717) is 6.54 Å². The average molecular weight is 282 g/mol. The van der Waals surface area contributed by atoms with E-state index >= 15 is 0 Å². The zero-order chi connectivity index (χ0) is 15.4. The Morgan fingerprint density at radius 2 is 1.71 bits per heavy atom. The van der Waals surface area contributed by atoms with Gasteiger partial charge in [0.2, 0.25) is 0 Å². The van der Waals surface area contributed by atoms with E-state index in [1.165, 1.54) is 0 Å². The van der Waals surface area contributed by atoms with Crippen molar-refractivity contribution in [2.75, 3.05) is 5.73 Å². The zero-order valence-electron chi connectivity index (χ0n) is 12.8. The predicted octanol–water partition coefficient (Wildman–Crippen LogP) is 3.63. The molecule has 21 heavy (non-hydrogen) atoms. The van der Waals surface area contributed by atoms with Crippen molar-refractivity contribution >= 4 is 11.6 Å². The highest BCUT2D eigenvalue weighted by Gasteiger charge is 2.20. The molecule has 0 aliphatic heterocycles. The lowest BCUT2D eigenvalue weighted by atomic mass is 10.1. The monoisotopic (exact) mass is 282 g/mol. The Morgan fingerprint density at radius 3 is 2.33 bits per heavy atom. The van der Waals surface area contributed by atoms with Gasteiger partial charge in [-0.05, 0) is 44.0 Å². The first kappa shape index (κ1) is 15.1. The van der Waals surface area contributed by atoms with Crippen LogP contribution in [0.4, 0.5) is 5.69 Å². The minimum absolute atomic E-state index is 0.0475. The summed E-state index contributed by atoms with van der Waals surface area (Å²) >= 11 is 0. The largest absolute Gasteiger partial charge is 0.398 e. The lowest BCUT2D eigenvalue weighted by molar-refractivity contribution is 0.0690. The fourth-order valence-electron chi connectivity index (χ4n) is 2.32. The molecule has 0 heterocycles. The van der Waals surface area contributed by atoms with Gasteiger partial charge in [-0.3, -0.25) is 4.79 Å². The molecule has 2 N–H and O–H groups in total. The summed E-state index contributed by atoms with van der Waals surface area (Å²) in [7, 11) is 0. The first-order valence-electron chi connectivity index (χ1n) is 7.20. The van der Waals surface area contributed by atoms with E-state index < -0.39 is 0 Å². The van der Waals surface area contributed by atoms with Crippen LogP contribution in [0.15, 0.2) is 48.5 Å². The summed E-state index contributed by atoms with van der Waals surface area (Å²) in [4.78, 5) is 14.7. The molecule has 0 saturated heterocycles. The summed E-state index contributed by atoms with van der Waals surface area (Å²) in [6.45, 7) is 6.53. The maximum absolute atomic E-state index is 12.8. The highest BCUT2D eigenvalue weighted by Crippen LogP contribution is 2.19. The van der Waals surface area contributed by atoms with Crippen LogP contribution in [-0.2, 0) is 6.54 Å². The topological polar surface area (TPSA) is 46.3 Å². The molecule has 110 valence electrons. The summed E-state index contributed by atoms with van der Waals surface area (Å²) in [6.07, 6.45) is 0. The summed E-state index contributed by atoms with van der Waals surface area (Å²) in [5, 5.41) is 0. The van der Waals surface area contributed by atoms with E-state index in [4.69, 9.17) is 5.73 Å². The van der Waals surface area contributed by atoms with Crippen molar-refractivity contribution in [1.29, 1.82) is 0 Å².